The van der Waals surface area contributed by atoms with Crippen molar-refractivity contribution in [2.45, 2.75) is 13.3 Å². The molecule has 112 valence electrons. The smallest absolute Gasteiger partial charge is 0.253 e. The van der Waals surface area contributed by atoms with Crippen LogP contribution in [0.25, 0.3) is 0 Å². The standard InChI is InChI=1S/C15H26N4O/c1-5-8-17-15(20)13-11-12(16)6-7-14(13)19(4)10-9-18(2)3/h6-7,11H,5,8-10,16H2,1-4H3,(H,17,20). The highest BCUT2D eigenvalue weighted by atomic mass is 16.1. The Labute approximate surface area is 121 Å². The highest BCUT2D eigenvalue weighted by Gasteiger charge is 2.14. The molecule has 1 aromatic rings. The van der Waals surface area contributed by atoms with Crippen molar-refractivity contribution in [3.8, 4) is 0 Å². The predicted octanol–water partition coefficient (Wildman–Crippen LogP) is 1.41. The summed E-state index contributed by atoms with van der Waals surface area (Å²) in [5, 5.41) is 2.90. The average molecular weight is 278 g/mol. The van der Waals surface area contributed by atoms with Crippen molar-refractivity contribution in [1.29, 1.82) is 0 Å². The summed E-state index contributed by atoms with van der Waals surface area (Å²) in [5.41, 5.74) is 7.97. The van der Waals surface area contributed by atoms with Crippen LogP contribution in [-0.2, 0) is 0 Å². The molecular formula is C15H26N4O. The molecule has 1 rings (SSSR count). The summed E-state index contributed by atoms with van der Waals surface area (Å²) in [6.07, 6.45) is 0.917. The Morgan fingerprint density at radius 3 is 2.55 bits per heavy atom. The fourth-order valence-electron chi connectivity index (χ4n) is 1.87. The second kappa shape index (κ2) is 7.75. The lowest BCUT2D eigenvalue weighted by molar-refractivity contribution is 0.0954. The Bertz CT molecular complexity index is 445. The maximum atomic E-state index is 12.2. The molecule has 5 heteroatoms. The fourth-order valence-corrected chi connectivity index (χ4v) is 1.87. The highest BCUT2D eigenvalue weighted by molar-refractivity contribution is 6.00. The minimum atomic E-state index is -0.0640. The maximum Gasteiger partial charge on any atom is 0.253 e. The lowest BCUT2D eigenvalue weighted by Gasteiger charge is -2.24. The zero-order chi connectivity index (χ0) is 15.1. The van der Waals surface area contributed by atoms with Crippen LogP contribution in [0.4, 0.5) is 11.4 Å². The molecule has 0 radical (unpaired) electrons. The summed E-state index contributed by atoms with van der Waals surface area (Å²) in [6, 6.07) is 5.48. The molecule has 0 saturated carbocycles. The molecule has 0 aliphatic carbocycles. The molecule has 0 aromatic heterocycles. The number of nitrogens with one attached hydrogen (secondary N) is 1. The quantitative estimate of drug-likeness (QED) is 0.740. The van der Waals surface area contributed by atoms with Crippen molar-refractivity contribution in [2.75, 3.05) is 51.4 Å². The van der Waals surface area contributed by atoms with E-state index in [1.54, 1.807) is 6.07 Å². The topological polar surface area (TPSA) is 61.6 Å². The SMILES string of the molecule is CCCNC(=O)c1cc(N)ccc1N(C)CCN(C)C. The third kappa shape index (κ3) is 4.74. The molecule has 0 bridgehead atoms. The van der Waals surface area contributed by atoms with Gasteiger partial charge in [-0.2, -0.15) is 0 Å². The van der Waals surface area contributed by atoms with E-state index in [1.807, 2.05) is 40.2 Å². The Morgan fingerprint density at radius 1 is 1.25 bits per heavy atom. The predicted molar refractivity (Wildman–Crippen MR) is 85.3 cm³/mol. The van der Waals surface area contributed by atoms with E-state index in [-0.39, 0.29) is 5.91 Å². The highest BCUT2D eigenvalue weighted by Crippen LogP contribution is 2.22. The first-order valence-corrected chi connectivity index (χ1v) is 6.99. The maximum absolute atomic E-state index is 12.2. The summed E-state index contributed by atoms with van der Waals surface area (Å²) in [4.78, 5) is 16.4. The van der Waals surface area contributed by atoms with E-state index in [4.69, 9.17) is 5.73 Å². The molecule has 0 aliphatic heterocycles. The first kappa shape index (κ1) is 16.3. The Kier molecular flexibility index (Phi) is 6.31. The van der Waals surface area contributed by atoms with E-state index >= 15 is 0 Å². The second-order valence-corrected chi connectivity index (χ2v) is 5.26. The first-order valence-electron chi connectivity index (χ1n) is 6.99. The Hall–Kier alpha value is -1.75. The van der Waals surface area contributed by atoms with Crippen LogP contribution < -0.4 is 16.0 Å². The molecule has 0 unspecified atom stereocenters. The lowest BCUT2D eigenvalue weighted by atomic mass is 10.1. The van der Waals surface area contributed by atoms with Crippen molar-refractivity contribution in [1.82, 2.24) is 10.2 Å². The molecule has 5 nitrogen and oxygen atoms in total. The van der Waals surface area contributed by atoms with Crippen molar-refractivity contribution < 1.29 is 4.79 Å². The van der Waals surface area contributed by atoms with Crippen molar-refractivity contribution in [2.24, 2.45) is 0 Å². The van der Waals surface area contributed by atoms with Crippen molar-refractivity contribution in [3.63, 3.8) is 0 Å². The average Bonchev–Trinajstić information content (AvgIpc) is 2.41. The van der Waals surface area contributed by atoms with E-state index in [0.717, 1.165) is 25.2 Å². The van der Waals surface area contributed by atoms with Crippen LogP contribution in [0, 0.1) is 0 Å². The summed E-state index contributed by atoms with van der Waals surface area (Å²) in [5.74, 6) is -0.0640. The normalized spacial score (nSPS) is 10.7. The van der Waals surface area contributed by atoms with Crippen LogP contribution in [0.3, 0.4) is 0 Å². The van der Waals surface area contributed by atoms with Gasteiger partial charge in [0.1, 0.15) is 0 Å². The van der Waals surface area contributed by atoms with Gasteiger partial charge in [0.25, 0.3) is 5.91 Å². The van der Waals surface area contributed by atoms with Gasteiger partial charge in [-0.05, 0) is 38.7 Å². The molecule has 0 heterocycles. The third-order valence-electron chi connectivity index (χ3n) is 3.09. The molecule has 1 amide bonds. The number of nitrogen functional groups attached to an aromatic ring is 1. The number of hydrogen-bond acceptors (Lipinski definition) is 4. The van der Waals surface area contributed by atoms with E-state index in [1.165, 1.54) is 0 Å². The van der Waals surface area contributed by atoms with Gasteiger partial charge >= 0.3 is 0 Å². The number of nitrogens with two attached hydrogens (primary N) is 1. The van der Waals surface area contributed by atoms with Crippen LogP contribution in [0.5, 0.6) is 0 Å². The zero-order valence-corrected chi connectivity index (χ0v) is 12.9. The molecule has 0 atom stereocenters. The molecule has 3 N–H and O–H groups in total. The number of benzene rings is 1. The van der Waals surface area contributed by atoms with Crippen LogP contribution in [0.1, 0.15) is 23.7 Å². The molecule has 1 aromatic carbocycles. The van der Waals surface area contributed by atoms with Gasteiger partial charge in [-0.15, -0.1) is 0 Å². The third-order valence-corrected chi connectivity index (χ3v) is 3.09. The number of amides is 1. The number of likely N-dealkylation sites (N-methyl/N-ethyl adjacent to an activating group) is 2. The number of carbonyl (C=O) groups excluding carboxylic acids is 1. The number of rotatable bonds is 7. The van der Waals surface area contributed by atoms with Crippen LogP contribution in [0.15, 0.2) is 18.2 Å². The summed E-state index contributed by atoms with van der Waals surface area (Å²) in [7, 11) is 6.06. The van der Waals surface area contributed by atoms with Gasteiger partial charge in [0.15, 0.2) is 0 Å². The van der Waals surface area contributed by atoms with Gasteiger partial charge in [0.05, 0.1) is 5.56 Å². The van der Waals surface area contributed by atoms with Gasteiger partial charge in [-0.25, -0.2) is 0 Å². The summed E-state index contributed by atoms with van der Waals surface area (Å²) >= 11 is 0. The van der Waals surface area contributed by atoms with E-state index in [2.05, 4.69) is 15.1 Å². The van der Waals surface area contributed by atoms with Crippen LogP contribution in [0.2, 0.25) is 0 Å². The molecule has 0 saturated heterocycles. The van der Waals surface area contributed by atoms with Gasteiger partial charge in [-0.1, -0.05) is 6.92 Å². The fraction of sp³-hybridized carbons (Fsp3) is 0.533. The van der Waals surface area contributed by atoms with Crippen LogP contribution >= 0.6 is 0 Å². The van der Waals surface area contributed by atoms with Crippen LogP contribution in [-0.4, -0.2) is 51.6 Å². The van der Waals surface area contributed by atoms with Gasteiger partial charge in [0.2, 0.25) is 0 Å². The lowest BCUT2D eigenvalue weighted by Crippen LogP contribution is -2.31. The van der Waals surface area contributed by atoms with E-state index < -0.39 is 0 Å². The van der Waals surface area contributed by atoms with E-state index in [9.17, 15) is 4.79 Å². The number of carbonyl (C=O) groups is 1. The largest absolute Gasteiger partial charge is 0.399 e. The molecule has 20 heavy (non-hydrogen) atoms. The number of hydrogen-bond donors (Lipinski definition) is 2. The second-order valence-electron chi connectivity index (χ2n) is 5.26. The Balaban J connectivity index is 2.91. The van der Waals surface area contributed by atoms with E-state index in [0.29, 0.717) is 17.8 Å². The Morgan fingerprint density at radius 2 is 1.95 bits per heavy atom. The number of anilines is 2. The van der Waals surface area contributed by atoms with Crippen molar-refractivity contribution >= 4 is 17.3 Å². The van der Waals surface area contributed by atoms with Gasteiger partial charge in [0, 0.05) is 38.1 Å². The molecule has 0 aliphatic rings. The summed E-state index contributed by atoms with van der Waals surface area (Å²) < 4.78 is 0. The minimum Gasteiger partial charge on any atom is -0.399 e. The molecular weight excluding hydrogens is 252 g/mol. The first-order chi connectivity index (χ1) is 9.45. The monoisotopic (exact) mass is 278 g/mol. The zero-order valence-electron chi connectivity index (χ0n) is 12.9. The molecule has 0 spiro atoms. The number of nitrogens with zero attached hydrogens (tertiary/aromatic N) is 2. The summed E-state index contributed by atoms with van der Waals surface area (Å²) in [6.45, 7) is 4.49. The van der Waals surface area contributed by atoms with Gasteiger partial charge < -0.3 is 20.9 Å². The molecule has 0 fully saturated rings. The van der Waals surface area contributed by atoms with Gasteiger partial charge in [-0.3, -0.25) is 4.79 Å². The van der Waals surface area contributed by atoms with Crippen molar-refractivity contribution in [3.05, 3.63) is 23.8 Å². The minimum absolute atomic E-state index is 0.0640.